The molecule has 1 heterocycles. The van der Waals surface area contributed by atoms with Crippen LogP contribution in [0.2, 0.25) is 5.02 Å². The van der Waals surface area contributed by atoms with Crippen molar-refractivity contribution in [2.75, 3.05) is 12.9 Å². The van der Waals surface area contributed by atoms with Crippen LogP contribution >= 0.6 is 23.4 Å². The van der Waals surface area contributed by atoms with Crippen LogP contribution in [0.15, 0.2) is 53.7 Å². The fourth-order valence-electron chi connectivity index (χ4n) is 2.59. The number of rotatable bonds is 8. The Morgan fingerprint density at radius 1 is 1.18 bits per heavy atom. The van der Waals surface area contributed by atoms with Gasteiger partial charge in [0.15, 0.2) is 22.9 Å². The summed E-state index contributed by atoms with van der Waals surface area (Å²) in [6, 6.07) is 14.2. The summed E-state index contributed by atoms with van der Waals surface area (Å²) in [5.74, 6) is 2.34. The van der Waals surface area contributed by atoms with Gasteiger partial charge in [0.05, 0.1) is 12.9 Å². The molecule has 2 aromatic carbocycles. The highest BCUT2D eigenvalue weighted by molar-refractivity contribution is 7.99. The molecule has 6 nitrogen and oxygen atoms in total. The molecular formula is C20H20ClN3O3S. The number of hydrogen-bond acceptors (Lipinski definition) is 6. The van der Waals surface area contributed by atoms with E-state index in [1.54, 1.807) is 31.4 Å². The van der Waals surface area contributed by atoms with Gasteiger partial charge < -0.3 is 14.0 Å². The van der Waals surface area contributed by atoms with Gasteiger partial charge in [0.1, 0.15) is 11.5 Å². The van der Waals surface area contributed by atoms with E-state index in [9.17, 15) is 4.79 Å². The van der Waals surface area contributed by atoms with Crippen LogP contribution in [0.4, 0.5) is 0 Å². The van der Waals surface area contributed by atoms with Gasteiger partial charge >= 0.3 is 0 Å². The number of hydrogen-bond donors (Lipinski definition) is 0. The van der Waals surface area contributed by atoms with Gasteiger partial charge in [0.25, 0.3) is 0 Å². The first-order chi connectivity index (χ1) is 13.5. The lowest BCUT2D eigenvalue weighted by Gasteiger charge is -2.14. The molecule has 146 valence electrons. The molecule has 0 aliphatic carbocycles. The number of benzene rings is 2. The van der Waals surface area contributed by atoms with Crippen molar-refractivity contribution >= 4 is 29.1 Å². The van der Waals surface area contributed by atoms with E-state index >= 15 is 0 Å². The average molecular weight is 418 g/mol. The number of ether oxygens (including phenoxy) is 2. The molecule has 0 amide bonds. The summed E-state index contributed by atoms with van der Waals surface area (Å²) in [6.07, 6.45) is -0.314. The van der Waals surface area contributed by atoms with Gasteiger partial charge in [-0.15, -0.1) is 10.2 Å². The molecule has 0 fully saturated rings. The molecule has 0 radical (unpaired) electrons. The monoisotopic (exact) mass is 417 g/mol. The van der Waals surface area contributed by atoms with Crippen LogP contribution in [-0.4, -0.2) is 33.4 Å². The molecule has 0 spiro atoms. The number of nitrogens with zero attached hydrogens (tertiary/aromatic N) is 3. The van der Waals surface area contributed by atoms with E-state index in [-0.39, 0.29) is 17.6 Å². The number of ketones is 1. The molecular weight excluding hydrogens is 398 g/mol. The van der Waals surface area contributed by atoms with Gasteiger partial charge in [-0.2, -0.15) is 0 Å². The van der Waals surface area contributed by atoms with Crippen LogP contribution in [0.5, 0.6) is 11.5 Å². The SMILES string of the molecule is COc1cccc(OC(C)c2nnc(SCC(=O)c3ccc(Cl)cc3)n2C)c1. The molecule has 8 heteroatoms. The van der Waals surface area contributed by atoms with Crippen LogP contribution in [0, 0.1) is 0 Å². The van der Waals surface area contributed by atoms with Crippen LogP contribution in [0.25, 0.3) is 0 Å². The fourth-order valence-corrected chi connectivity index (χ4v) is 3.52. The van der Waals surface area contributed by atoms with Gasteiger partial charge in [-0.1, -0.05) is 29.4 Å². The largest absolute Gasteiger partial charge is 0.497 e. The Kier molecular flexibility index (Phi) is 6.59. The highest BCUT2D eigenvalue weighted by atomic mass is 35.5. The van der Waals surface area contributed by atoms with Crippen molar-refractivity contribution in [2.45, 2.75) is 18.2 Å². The third-order valence-corrected chi connectivity index (χ3v) is 5.36. The Morgan fingerprint density at radius 2 is 1.89 bits per heavy atom. The summed E-state index contributed by atoms with van der Waals surface area (Å²) in [6.45, 7) is 1.90. The van der Waals surface area contributed by atoms with E-state index < -0.39 is 0 Å². The van der Waals surface area contributed by atoms with Gasteiger partial charge in [-0.25, -0.2) is 0 Å². The average Bonchev–Trinajstić information content (AvgIpc) is 3.07. The molecule has 0 N–H and O–H groups in total. The molecule has 3 aromatic rings. The van der Waals surface area contributed by atoms with Gasteiger partial charge in [-0.3, -0.25) is 4.79 Å². The minimum Gasteiger partial charge on any atom is -0.497 e. The zero-order chi connectivity index (χ0) is 20.1. The van der Waals surface area contributed by atoms with E-state index in [0.29, 0.717) is 27.3 Å². The second-order valence-corrected chi connectivity index (χ2v) is 7.44. The maximum absolute atomic E-state index is 12.3. The standard InChI is InChI=1S/C20H20ClN3O3S/c1-13(27-17-6-4-5-16(11-17)26-3)19-22-23-20(24(19)2)28-12-18(25)14-7-9-15(21)10-8-14/h4-11,13H,12H2,1-3H3. The van der Waals surface area contributed by atoms with E-state index in [2.05, 4.69) is 10.2 Å². The first-order valence-electron chi connectivity index (χ1n) is 8.59. The number of halogens is 1. The van der Waals surface area contributed by atoms with Gasteiger partial charge in [0.2, 0.25) is 0 Å². The van der Waals surface area contributed by atoms with Crippen molar-refractivity contribution in [3.8, 4) is 11.5 Å². The molecule has 1 unspecified atom stereocenters. The number of aromatic nitrogens is 3. The normalized spacial score (nSPS) is 11.9. The summed E-state index contributed by atoms with van der Waals surface area (Å²) >= 11 is 7.20. The van der Waals surface area contributed by atoms with Crippen molar-refractivity contribution in [3.63, 3.8) is 0 Å². The first kappa shape index (κ1) is 20.2. The van der Waals surface area contributed by atoms with Crippen LogP contribution < -0.4 is 9.47 Å². The Bertz CT molecular complexity index is 960. The summed E-state index contributed by atoms with van der Waals surface area (Å²) in [4.78, 5) is 12.3. The van der Waals surface area contributed by atoms with E-state index in [4.69, 9.17) is 21.1 Å². The topological polar surface area (TPSA) is 66.2 Å². The predicted molar refractivity (Wildman–Crippen MR) is 110 cm³/mol. The predicted octanol–water partition coefficient (Wildman–Crippen LogP) is 4.59. The Hall–Kier alpha value is -2.51. The summed E-state index contributed by atoms with van der Waals surface area (Å²) in [7, 11) is 3.47. The Balaban J connectivity index is 1.64. The zero-order valence-corrected chi connectivity index (χ0v) is 17.3. The number of Topliss-reactive ketones (excluding diaryl/α,β-unsaturated/α-hetero) is 1. The third-order valence-electron chi connectivity index (χ3n) is 4.08. The highest BCUT2D eigenvalue weighted by Crippen LogP contribution is 2.26. The van der Waals surface area contributed by atoms with E-state index in [1.165, 1.54) is 11.8 Å². The van der Waals surface area contributed by atoms with Crippen LogP contribution in [-0.2, 0) is 7.05 Å². The lowest BCUT2D eigenvalue weighted by molar-refractivity contribution is 0.102. The molecule has 0 saturated carbocycles. The second-order valence-electron chi connectivity index (χ2n) is 6.06. The molecule has 0 bridgehead atoms. The fraction of sp³-hybridized carbons (Fsp3) is 0.250. The lowest BCUT2D eigenvalue weighted by Crippen LogP contribution is -2.10. The number of carbonyl (C=O) groups excluding carboxylic acids is 1. The molecule has 0 aliphatic heterocycles. The molecule has 28 heavy (non-hydrogen) atoms. The van der Waals surface area contributed by atoms with E-state index in [0.717, 1.165) is 5.75 Å². The van der Waals surface area contributed by atoms with Crippen LogP contribution in [0.3, 0.4) is 0 Å². The van der Waals surface area contributed by atoms with Gasteiger partial charge in [0, 0.05) is 23.7 Å². The first-order valence-corrected chi connectivity index (χ1v) is 9.96. The Morgan fingerprint density at radius 3 is 2.61 bits per heavy atom. The minimum atomic E-state index is -0.314. The van der Waals surface area contributed by atoms with Crippen molar-refractivity contribution in [3.05, 3.63) is 64.9 Å². The van der Waals surface area contributed by atoms with Crippen LogP contribution in [0.1, 0.15) is 29.2 Å². The highest BCUT2D eigenvalue weighted by Gasteiger charge is 2.18. The molecule has 1 aromatic heterocycles. The number of thioether (sulfide) groups is 1. The molecule has 1 atom stereocenters. The van der Waals surface area contributed by atoms with Crippen molar-refractivity contribution in [1.29, 1.82) is 0 Å². The minimum absolute atomic E-state index is 0.00638. The number of carbonyl (C=O) groups is 1. The summed E-state index contributed by atoms with van der Waals surface area (Å²) < 4.78 is 13.0. The van der Waals surface area contributed by atoms with E-state index in [1.807, 2.05) is 42.8 Å². The zero-order valence-electron chi connectivity index (χ0n) is 15.8. The maximum Gasteiger partial charge on any atom is 0.191 e. The lowest BCUT2D eigenvalue weighted by atomic mass is 10.1. The summed E-state index contributed by atoms with van der Waals surface area (Å²) in [5, 5.41) is 9.67. The molecule has 3 rings (SSSR count). The van der Waals surface area contributed by atoms with Gasteiger partial charge in [-0.05, 0) is 43.3 Å². The smallest absolute Gasteiger partial charge is 0.191 e. The molecule has 0 saturated heterocycles. The van der Waals surface area contributed by atoms with Crippen molar-refractivity contribution < 1.29 is 14.3 Å². The molecule has 0 aliphatic rings. The number of methoxy groups -OCH3 is 1. The quantitative estimate of drug-likeness (QED) is 0.394. The third kappa shape index (κ3) is 4.85. The maximum atomic E-state index is 12.3. The van der Waals surface area contributed by atoms with Crippen molar-refractivity contribution in [1.82, 2.24) is 14.8 Å². The van der Waals surface area contributed by atoms with Crippen molar-refractivity contribution in [2.24, 2.45) is 7.05 Å². The summed E-state index contributed by atoms with van der Waals surface area (Å²) in [5.41, 5.74) is 0.619. The Labute approximate surface area is 172 Å². The second kappa shape index (κ2) is 9.12.